The van der Waals surface area contributed by atoms with Crippen LogP contribution in [0.4, 0.5) is 0 Å². The van der Waals surface area contributed by atoms with Crippen molar-refractivity contribution in [1.29, 1.82) is 0 Å². The van der Waals surface area contributed by atoms with E-state index in [2.05, 4.69) is 24.4 Å². The normalized spacial score (nSPS) is 18.2. The standard InChI is InChI=1S/C15H21NO2/c1-4-11-5-7-12(8-6-11)15(2,14(17)18-3)16-13-9-10-13/h5-8,13,16H,4,9-10H2,1-3H3. The molecule has 3 heteroatoms. The van der Waals surface area contributed by atoms with E-state index >= 15 is 0 Å². The molecule has 0 radical (unpaired) electrons. The van der Waals surface area contributed by atoms with Gasteiger partial charge in [0, 0.05) is 6.04 Å². The molecule has 1 aromatic carbocycles. The minimum Gasteiger partial charge on any atom is -0.467 e. The van der Waals surface area contributed by atoms with Crippen LogP contribution in [0.3, 0.4) is 0 Å². The van der Waals surface area contributed by atoms with E-state index in [4.69, 9.17) is 4.74 Å². The second-order valence-electron chi connectivity index (χ2n) is 5.09. The first-order chi connectivity index (χ1) is 8.60. The van der Waals surface area contributed by atoms with Gasteiger partial charge in [-0.05, 0) is 37.3 Å². The molecular weight excluding hydrogens is 226 g/mol. The third-order valence-corrected chi connectivity index (χ3v) is 3.60. The lowest BCUT2D eigenvalue weighted by Gasteiger charge is -2.28. The zero-order valence-corrected chi connectivity index (χ0v) is 11.3. The van der Waals surface area contributed by atoms with Gasteiger partial charge in [0.1, 0.15) is 5.54 Å². The van der Waals surface area contributed by atoms with E-state index in [9.17, 15) is 4.79 Å². The monoisotopic (exact) mass is 247 g/mol. The molecule has 0 bridgehead atoms. The van der Waals surface area contributed by atoms with Gasteiger partial charge in [-0.2, -0.15) is 0 Å². The summed E-state index contributed by atoms with van der Waals surface area (Å²) < 4.78 is 4.95. The van der Waals surface area contributed by atoms with E-state index in [-0.39, 0.29) is 5.97 Å². The van der Waals surface area contributed by atoms with E-state index in [1.54, 1.807) is 0 Å². The Morgan fingerprint density at radius 3 is 2.44 bits per heavy atom. The lowest BCUT2D eigenvalue weighted by molar-refractivity contribution is -0.148. The van der Waals surface area contributed by atoms with Crippen molar-refractivity contribution in [3.05, 3.63) is 35.4 Å². The van der Waals surface area contributed by atoms with Crippen LogP contribution in [-0.2, 0) is 21.5 Å². The number of benzene rings is 1. The van der Waals surface area contributed by atoms with Gasteiger partial charge in [-0.1, -0.05) is 31.2 Å². The van der Waals surface area contributed by atoms with Gasteiger partial charge >= 0.3 is 5.97 Å². The second-order valence-corrected chi connectivity index (χ2v) is 5.09. The number of methoxy groups -OCH3 is 1. The fraction of sp³-hybridized carbons (Fsp3) is 0.533. The number of aryl methyl sites for hydroxylation is 1. The molecule has 2 rings (SSSR count). The van der Waals surface area contributed by atoms with Gasteiger partial charge in [-0.25, -0.2) is 4.79 Å². The topological polar surface area (TPSA) is 38.3 Å². The van der Waals surface area contributed by atoms with Crippen molar-refractivity contribution in [2.75, 3.05) is 7.11 Å². The van der Waals surface area contributed by atoms with Crippen molar-refractivity contribution in [3.63, 3.8) is 0 Å². The van der Waals surface area contributed by atoms with Crippen LogP contribution in [0.5, 0.6) is 0 Å². The Bertz CT molecular complexity index is 423. The number of rotatable bonds is 5. The number of hydrogen-bond acceptors (Lipinski definition) is 3. The van der Waals surface area contributed by atoms with Gasteiger partial charge in [-0.15, -0.1) is 0 Å². The van der Waals surface area contributed by atoms with Crippen molar-refractivity contribution in [2.24, 2.45) is 0 Å². The molecule has 1 aromatic rings. The van der Waals surface area contributed by atoms with E-state index in [0.29, 0.717) is 6.04 Å². The molecule has 1 aliphatic carbocycles. The first-order valence-electron chi connectivity index (χ1n) is 6.55. The highest BCUT2D eigenvalue weighted by molar-refractivity contribution is 5.82. The van der Waals surface area contributed by atoms with Crippen LogP contribution in [0.15, 0.2) is 24.3 Å². The van der Waals surface area contributed by atoms with Crippen LogP contribution in [0.2, 0.25) is 0 Å². The highest BCUT2D eigenvalue weighted by atomic mass is 16.5. The molecule has 0 heterocycles. The number of carbonyl (C=O) groups is 1. The number of nitrogens with one attached hydrogen (secondary N) is 1. The third kappa shape index (κ3) is 2.56. The van der Waals surface area contributed by atoms with E-state index in [1.807, 2.05) is 19.1 Å². The van der Waals surface area contributed by atoms with E-state index in [1.165, 1.54) is 12.7 Å². The largest absolute Gasteiger partial charge is 0.467 e. The van der Waals surface area contributed by atoms with Crippen LogP contribution in [0, 0.1) is 0 Å². The first-order valence-corrected chi connectivity index (χ1v) is 6.55. The van der Waals surface area contributed by atoms with Gasteiger partial charge < -0.3 is 4.74 Å². The van der Waals surface area contributed by atoms with E-state index < -0.39 is 5.54 Å². The fourth-order valence-electron chi connectivity index (χ4n) is 2.17. The molecular formula is C15H21NO2. The average molecular weight is 247 g/mol. The van der Waals surface area contributed by atoms with Crippen molar-refractivity contribution < 1.29 is 9.53 Å². The summed E-state index contributed by atoms with van der Waals surface area (Å²) in [4.78, 5) is 12.1. The summed E-state index contributed by atoms with van der Waals surface area (Å²) in [6.45, 7) is 4.02. The molecule has 0 amide bonds. The Labute approximate surface area is 109 Å². The first kappa shape index (κ1) is 13.1. The minimum absolute atomic E-state index is 0.223. The summed E-state index contributed by atoms with van der Waals surface area (Å²) in [5.41, 5.74) is 1.51. The SMILES string of the molecule is CCc1ccc(C(C)(NC2CC2)C(=O)OC)cc1. The van der Waals surface area contributed by atoms with Crippen LogP contribution >= 0.6 is 0 Å². The van der Waals surface area contributed by atoms with Gasteiger partial charge in [0.15, 0.2) is 0 Å². The van der Waals surface area contributed by atoms with Gasteiger partial charge in [0.2, 0.25) is 0 Å². The summed E-state index contributed by atoms with van der Waals surface area (Å²) in [6.07, 6.45) is 3.28. The van der Waals surface area contributed by atoms with Crippen LogP contribution in [-0.4, -0.2) is 19.1 Å². The Balaban J connectivity index is 2.28. The van der Waals surface area contributed by atoms with Crippen molar-refractivity contribution in [1.82, 2.24) is 5.32 Å². The van der Waals surface area contributed by atoms with Crippen molar-refractivity contribution >= 4 is 5.97 Å². The lowest BCUT2D eigenvalue weighted by atomic mass is 9.91. The summed E-state index contributed by atoms with van der Waals surface area (Å²) >= 11 is 0. The Hall–Kier alpha value is -1.35. The highest BCUT2D eigenvalue weighted by Crippen LogP contribution is 2.29. The molecule has 1 atom stereocenters. The maximum Gasteiger partial charge on any atom is 0.330 e. The summed E-state index contributed by atoms with van der Waals surface area (Å²) in [6, 6.07) is 8.63. The number of ether oxygens (including phenoxy) is 1. The third-order valence-electron chi connectivity index (χ3n) is 3.60. The predicted octanol–water partition coefficient (Wildman–Crippen LogP) is 2.39. The summed E-state index contributed by atoms with van der Waals surface area (Å²) in [7, 11) is 1.44. The predicted molar refractivity (Wildman–Crippen MR) is 71.3 cm³/mol. The van der Waals surface area contributed by atoms with Gasteiger partial charge in [-0.3, -0.25) is 5.32 Å². The number of hydrogen-bond donors (Lipinski definition) is 1. The highest BCUT2D eigenvalue weighted by Gasteiger charge is 2.40. The van der Waals surface area contributed by atoms with Crippen LogP contribution in [0.1, 0.15) is 37.8 Å². The quantitative estimate of drug-likeness (QED) is 0.812. The van der Waals surface area contributed by atoms with Crippen molar-refractivity contribution in [3.8, 4) is 0 Å². The fourth-order valence-corrected chi connectivity index (χ4v) is 2.17. The van der Waals surface area contributed by atoms with Crippen LogP contribution in [0.25, 0.3) is 0 Å². The molecule has 3 nitrogen and oxygen atoms in total. The lowest BCUT2D eigenvalue weighted by Crippen LogP contribution is -2.48. The zero-order chi connectivity index (χ0) is 13.2. The van der Waals surface area contributed by atoms with E-state index in [0.717, 1.165) is 24.8 Å². The molecule has 0 spiro atoms. The molecule has 1 N–H and O–H groups in total. The van der Waals surface area contributed by atoms with Gasteiger partial charge in [0.25, 0.3) is 0 Å². The summed E-state index contributed by atoms with van der Waals surface area (Å²) in [5.74, 6) is -0.223. The molecule has 1 unspecified atom stereocenters. The zero-order valence-electron chi connectivity index (χ0n) is 11.3. The molecule has 1 aliphatic rings. The van der Waals surface area contributed by atoms with Crippen LogP contribution < -0.4 is 5.32 Å². The molecule has 98 valence electrons. The minimum atomic E-state index is -0.734. The number of esters is 1. The van der Waals surface area contributed by atoms with Crippen molar-refractivity contribution in [2.45, 2.75) is 44.7 Å². The summed E-state index contributed by atoms with van der Waals surface area (Å²) in [5, 5.41) is 3.40. The maximum atomic E-state index is 12.1. The molecule has 1 saturated carbocycles. The smallest absolute Gasteiger partial charge is 0.330 e. The average Bonchev–Trinajstić information content (AvgIpc) is 3.21. The molecule has 18 heavy (non-hydrogen) atoms. The second kappa shape index (κ2) is 5.11. The molecule has 0 aliphatic heterocycles. The Kier molecular flexibility index (Phi) is 3.71. The Morgan fingerprint density at radius 1 is 1.39 bits per heavy atom. The van der Waals surface area contributed by atoms with Gasteiger partial charge in [0.05, 0.1) is 7.11 Å². The Morgan fingerprint density at radius 2 is 2.00 bits per heavy atom. The number of carbonyl (C=O) groups excluding carboxylic acids is 1. The molecule has 0 aromatic heterocycles. The maximum absolute atomic E-state index is 12.1. The molecule has 1 fully saturated rings. The molecule has 0 saturated heterocycles.